The van der Waals surface area contributed by atoms with E-state index in [1.165, 1.54) is 43.1 Å². The van der Waals surface area contributed by atoms with Crippen LogP contribution in [0.4, 0.5) is 0 Å². The molecule has 0 radical (unpaired) electrons. The Kier molecular flexibility index (Phi) is 2.54. The molecule has 110 valence electrons. The first-order chi connectivity index (χ1) is 11.4. The van der Waals surface area contributed by atoms with Crippen LogP contribution in [0, 0.1) is 0 Å². The first kappa shape index (κ1) is 12.7. The summed E-state index contributed by atoms with van der Waals surface area (Å²) in [5.41, 5.74) is 0. The summed E-state index contributed by atoms with van der Waals surface area (Å²) in [4.78, 5) is 0. The Bertz CT molecular complexity index is 1170. The molecule has 0 unspecified atom stereocenters. The predicted molar refractivity (Wildman–Crippen MR) is 98.8 cm³/mol. The Labute approximate surface area is 134 Å². The minimum atomic E-state index is 0.686. The summed E-state index contributed by atoms with van der Waals surface area (Å²) < 4.78 is 5.80. The highest BCUT2D eigenvalue weighted by atomic mass is 16.5. The Hall–Kier alpha value is -2.80. The van der Waals surface area contributed by atoms with Crippen molar-refractivity contribution >= 4 is 43.1 Å². The Balaban J connectivity index is 2.14. The zero-order valence-electron chi connectivity index (χ0n) is 13.0. The molecule has 0 aliphatic heterocycles. The van der Waals surface area contributed by atoms with Crippen molar-refractivity contribution in [3.8, 4) is 5.75 Å². The van der Waals surface area contributed by atoms with E-state index in [9.17, 15) is 0 Å². The van der Waals surface area contributed by atoms with Gasteiger partial charge in [-0.2, -0.15) is 0 Å². The van der Waals surface area contributed by atoms with E-state index in [-0.39, 0.29) is 0 Å². The van der Waals surface area contributed by atoms with Crippen molar-refractivity contribution in [2.45, 2.75) is 6.92 Å². The molecule has 5 aromatic rings. The molecule has 0 atom stereocenters. The monoisotopic (exact) mass is 296 g/mol. The minimum absolute atomic E-state index is 0.686. The van der Waals surface area contributed by atoms with Crippen molar-refractivity contribution < 1.29 is 4.74 Å². The van der Waals surface area contributed by atoms with Crippen LogP contribution in [0.3, 0.4) is 0 Å². The van der Waals surface area contributed by atoms with Crippen LogP contribution in [-0.2, 0) is 0 Å². The molecule has 0 aromatic heterocycles. The van der Waals surface area contributed by atoms with Gasteiger partial charge < -0.3 is 4.74 Å². The van der Waals surface area contributed by atoms with Crippen molar-refractivity contribution in [1.29, 1.82) is 0 Å². The lowest BCUT2D eigenvalue weighted by atomic mass is 9.89. The molecule has 0 saturated carbocycles. The molecule has 0 spiro atoms. The molecule has 0 saturated heterocycles. The summed E-state index contributed by atoms with van der Waals surface area (Å²) in [6.45, 7) is 2.72. The van der Waals surface area contributed by atoms with Crippen molar-refractivity contribution in [1.82, 2.24) is 0 Å². The van der Waals surface area contributed by atoms with Crippen molar-refractivity contribution in [3.05, 3.63) is 66.7 Å². The molecule has 1 nitrogen and oxygen atoms in total. The highest BCUT2D eigenvalue weighted by Crippen LogP contribution is 2.42. The van der Waals surface area contributed by atoms with Crippen LogP contribution in [0.25, 0.3) is 43.1 Å². The number of rotatable bonds is 2. The second-order valence-electron chi connectivity index (χ2n) is 6.02. The van der Waals surface area contributed by atoms with Gasteiger partial charge in [0.2, 0.25) is 0 Å². The van der Waals surface area contributed by atoms with E-state index >= 15 is 0 Å². The molecule has 0 bridgehead atoms. The Morgan fingerprint density at radius 3 is 2.17 bits per heavy atom. The van der Waals surface area contributed by atoms with E-state index < -0.39 is 0 Å². The van der Waals surface area contributed by atoms with Crippen molar-refractivity contribution in [3.63, 3.8) is 0 Å². The smallest absolute Gasteiger partial charge is 0.120 e. The van der Waals surface area contributed by atoms with Crippen LogP contribution in [0.5, 0.6) is 5.75 Å². The molecule has 0 heterocycles. The topological polar surface area (TPSA) is 9.23 Å². The van der Waals surface area contributed by atoms with Gasteiger partial charge in [0.15, 0.2) is 0 Å². The molecule has 0 N–H and O–H groups in total. The normalized spacial score (nSPS) is 11.9. The molecule has 1 heteroatoms. The minimum Gasteiger partial charge on any atom is -0.494 e. The molecule has 0 aliphatic carbocycles. The highest BCUT2D eigenvalue weighted by Gasteiger charge is 2.13. The summed E-state index contributed by atoms with van der Waals surface area (Å²) >= 11 is 0. The second-order valence-corrected chi connectivity index (χ2v) is 6.02. The molecule has 0 aliphatic rings. The summed E-state index contributed by atoms with van der Waals surface area (Å²) in [6, 6.07) is 24.0. The van der Waals surface area contributed by atoms with Crippen LogP contribution in [0.15, 0.2) is 66.7 Å². The van der Waals surface area contributed by atoms with Crippen molar-refractivity contribution in [2.75, 3.05) is 6.61 Å². The third-order valence-electron chi connectivity index (χ3n) is 4.75. The fraction of sp³-hybridized carbons (Fsp3) is 0.0909. The molecule has 23 heavy (non-hydrogen) atoms. The Morgan fingerprint density at radius 2 is 1.35 bits per heavy atom. The van der Waals surface area contributed by atoms with E-state index in [1.807, 2.05) is 6.92 Å². The lowest BCUT2D eigenvalue weighted by Crippen LogP contribution is -1.93. The lowest BCUT2D eigenvalue weighted by molar-refractivity contribution is 0.341. The summed E-state index contributed by atoms with van der Waals surface area (Å²) in [6.07, 6.45) is 0. The van der Waals surface area contributed by atoms with E-state index in [4.69, 9.17) is 4.74 Å². The summed E-state index contributed by atoms with van der Waals surface area (Å²) in [5, 5.41) is 10.5. The van der Waals surface area contributed by atoms with Crippen LogP contribution in [0.2, 0.25) is 0 Å². The number of hydrogen-bond acceptors (Lipinski definition) is 1. The molecule has 0 amide bonds. The zero-order chi connectivity index (χ0) is 15.4. The molecule has 5 aromatic carbocycles. The number of hydrogen-bond donors (Lipinski definition) is 0. The molecular weight excluding hydrogens is 280 g/mol. The van der Waals surface area contributed by atoms with Gasteiger partial charge in [0.25, 0.3) is 0 Å². The van der Waals surface area contributed by atoms with Crippen LogP contribution in [0.1, 0.15) is 6.92 Å². The van der Waals surface area contributed by atoms with Crippen LogP contribution in [-0.4, -0.2) is 6.61 Å². The van der Waals surface area contributed by atoms with Gasteiger partial charge in [0.1, 0.15) is 5.75 Å². The fourth-order valence-corrected chi connectivity index (χ4v) is 3.85. The fourth-order valence-electron chi connectivity index (χ4n) is 3.85. The van der Waals surface area contributed by atoms with Crippen LogP contribution < -0.4 is 4.74 Å². The second kappa shape index (κ2) is 4.60. The Morgan fingerprint density at radius 1 is 0.652 bits per heavy atom. The SMILES string of the molecule is CCOc1cc2ccc3cccc4c5ccccc5c(c1)c2c34. The van der Waals surface area contributed by atoms with Gasteiger partial charge in [-0.3, -0.25) is 0 Å². The van der Waals surface area contributed by atoms with Gasteiger partial charge in [-0.05, 0) is 62.1 Å². The van der Waals surface area contributed by atoms with E-state index in [1.54, 1.807) is 0 Å². The zero-order valence-corrected chi connectivity index (χ0v) is 13.0. The predicted octanol–water partition coefficient (Wildman–Crippen LogP) is 6.14. The lowest BCUT2D eigenvalue weighted by Gasteiger charge is -2.16. The molecule has 0 fully saturated rings. The quantitative estimate of drug-likeness (QED) is 0.281. The van der Waals surface area contributed by atoms with Gasteiger partial charge in [0, 0.05) is 0 Å². The summed E-state index contributed by atoms with van der Waals surface area (Å²) in [7, 11) is 0. The first-order valence-corrected chi connectivity index (χ1v) is 8.09. The standard InChI is InChI=1S/C22H16O/c1-2-23-16-12-15-11-10-14-6-5-9-19-17-7-3-4-8-18(17)20(13-16)22(15)21(14)19/h3-13H,2H2,1H3. The maximum atomic E-state index is 5.80. The molecule has 5 rings (SSSR count). The van der Waals surface area contributed by atoms with Crippen LogP contribution >= 0.6 is 0 Å². The van der Waals surface area contributed by atoms with E-state index in [2.05, 4.69) is 66.7 Å². The third-order valence-corrected chi connectivity index (χ3v) is 4.75. The van der Waals surface area contributed by atoms with Gasteiger partial charge >= 0.3 is 0 Å². The van der Waals surface area contributed by atoms with E-state index in [0.717, 1.165) is 5.75 Å². The van der Waals surface area contributed by atoms with Gasteiger partial charge in [-0.1, -0.05) is 54.6 Å². The molecular formula is C22H16O. The number of benzene rings is 5. The number of fused-ring (bicyclic) bond motifs is 3. The summed E-state index contributed by atoms with van der Waals surface area (Å²) in [5.74, 6) is 0.948. The van der Waals surface area contributed by atoms with Gasteiger partial charge in [0.05, 0.1) is 6.61 Å². The van der Waals surface area contributed by atoms with Gasteiger partial charge in [-0.15, -0.1) is 0 Å². The van der Waals surface area contributed by atoms with E-state index in [0.29, 0.717) is 6.61 Å². The van der Waals surface area contributed by atoms with Gasteiger partial charge in [-0.25, -0.2) is 0 Å². The third kappa shape index (κ3) is 1.68. The number of ether oxygens (including phenoxy) is 1. The average Bonchev–Trinajstić information content (AvgIpc) is 2.60. The highest BCUT2D eigenvalue weighted by molar-refractivity contribution is 6.33. The first-order valence-electron chi connectivity index (χ1n) is 8.09. The largest absolute Gasteiger partial charge is 0.494 e. The van der Waals surface area contributed by atoms with Crippen molar-refractivity contribution in [2.24, 2.45) is 0 Å². The average molecular weight is 296 g/mol. The maximum absolute atomic E-state index is 5.80. The maximum Gasteiger partial charge on any atom is 0.120 e.